The van der Waals surface area contributed by atoms with Crippen LogP contribution in [0.2, 0.25) is 0 Å². The van der Waals surface area contributed by atoms with Crippen molar-refractivity contribution in [2.45, 2.75) is 13.0 Å². The molecule has 1 aromatic carbocycles. The Bertz CT molecular complexity index is 548. The molecule has 0 unspecified atom stereocenters. The second kappa shape index (κ2) is 5.00. The zero-order valence-corrected chi connectivity index (χ0v) is 10.2. The Kier molecular flexibility index (Phi) is 3.41. The van der Waals surface area contributed by atoms with Gasteiger partial charge in [0.05, 0.1) is 6.04 Å². The number of carbonyl (C=O) groups is 1. The number of amides is 1. The third-order valence-electron chi connectivity index (χ3n) is 2.77. The Morgan fingerprint density at radius 2 is 2.00 bits per heavy atom. The highest BCUT2D eigenvalue weighted by Gasteiger charge is 2.13. The highest BCUT2D eigenvalue weighted by Crippen LogP contribution is 2.13. The minimum absolute atomic E-state index is 0.187. The summed E-state index contributed by atoms with van der Waals surface area (Å²) in [6, 6.07) is 7.53. The SMILES string of the molecule is C[C@H](NC(=O)c1ccnn1C)c1ccc(F)cc1. The van der Waals surface area contributed by atoms with Crippen molar-refractivity contribution < 1.29 is 9.18 Å². The Morgan fingerprint density at radius 1 is 1.33 bits per heavy atom. The molecule has 0 saturated carbocycles. The molecule has 4 nitrogen and oxygen atoms in total. The first-order valence-electron chi connectivity index (χ1n) is 5.62. The molecule has 18 heavy (non-hydrogen) atoms. The lowest BCUT2D eigenvalue weighted by molar-refractivity contribution is 0.0930. The van der Waals surface area contributed by atoms with Crippen LogP contribution in [0.5, 0.6) is 0 Å². The second-order valence-electron chi connectivity index (χ2n) is 4.09. The molecule has 0 aliphatic rings. The van der Waals surface area contributed by atoms with Gasteiger partial charge in [0, 0.05) is 13.2 Å². The minimum Gasteiger partial charge on any atom is -0.344 e. The standard InChI is InChI=1S/C13H14FN3O/c1-9(10-3-5-11(14)6-4-10)16-13(18)12-7-8-15-17(12)2/h3-9H,1-2H3,(H,16,18)/t9-/m0/s1. The van der Waals surface area contributed by atoms with Gasteiger partial charge in [-0.3, -0.25) is 9.48 Å². The van der Waals surface area contributed by atoms with E-state index >= 15 is 0 Å². The molecular weight excluding hydrogens is 233 g/mol. The number of aromatic nitrogens is 2. The zero-order valence-electron chi connectivity index (χ0n) is 10.2. The second-order valence-corrected chi connectivity index (χ2v) is 4.09. The van der Waals surface area contributed by atoms with E-state index in [1.165, 1.54) is 16.8 Å². The van der Waals surface area contributed by atoms with Crippen molar-refractivity contribution in [3.05, 3.63) is 53.6 Å². The van der Waals surface area contributed by atoms with E-state index in [1.54, 1.807) is 31.4 Å². The number of hydrogen-bond donors (Lipinski definition) is 1. The van der Waals surface area contributed by atoms with Crippen LogP contribution in [0, 0.1) is 5.82 Å². The molecule has 1 amide bonds. The predicted octanol–water partition coefficient (Wildman–Crippen LogP) is 2.05. The molecule has 0 saturated heterocycles. The first-order chi connectivity index (χ1) is 8.58. The average molecular weight is 247 g/mol. The zero-order chi connectivity index (χ0) is 13.1. The van der Waals surface area contributed by atoms with Gasteiger partial charge in [-0.2, -0.15) is 5.10 Å². The molecule has 2 rings (SSSR count). The molecule has 0 spiro atoms. The number of aryl methyl sites for hydroxylation is 1. The number of benzene rings is 1. The number of halogens is 1. The molecule has 94 valence electrons. The van der Waals surface area contributed by atoms with Gasteiger partial charge in [0.2, 0.25) is 0 Å². The van der Waals surface area contributed by atoms with Crippen molar-refractivity contribution in [1.82, 2.24) is 15.1 Å². The van der Waals surface area contributed by atoms with Crippen LogP contribution in [-0.4, -0.2) is 15.7 Å². The van der Waals surface area contributed by atoms with E-state index in [4.69, 9.17) is 0 Å². The van der Waals surface area contributed by atoms with Crippen LogP contribution in [0.4, 0.5) is 4.39 Å². The number of carbonyl (C=O) groups excluding carboxylic acids is 1. The Labute approximate surface area is 104 Å². The van der Waals surface area contributed by atoms with Gasteiger partial charge >= 0.3 is 0 Å². The molecule has 1 aromatic heterocycles. The fourth-order valence-electron chi connectivity index (χ4n) is 1.70. The molecule has 2 aromatic rings. The van der Waals surface area contributed by atoms with Crippen LogP contribution in [0.3, 0.4) is 0 Å². The van der Waals surface area contributed by atoms with E-state index in [0.29, 0.717) is 5.69 Å². The van der Waals surface area contributed by atoms with Crippen molar-refractivity contribution in [1.29, 1.82) is 0 Å². The van der Waals surface area contributed by atoms with Gasteiger partial charge in [-0.05, 0) is 30.7 Å². The van der Waals surface area contributed by atoms with Crippen molar-refractivity contribution in [2.24, 2.45) is 7.05 Å². The number of hydrogen-bond acceptors (Lipinski definition) is 2. The summed E-state index contributed by atoms with van der Waals surface area (Å²) in [5, 5.41) is 6.77. The summed E-state index contributed by atoms with van der Waals surface area (Å²) in [5.41, 5.74) is 1.34. The molecule has 0 fully saturated rings. The summed E-state index contributed by atoms with van der Waals surface area (Å²) in [5.74, 6) is -0.490. The highest BCUT2D eigenvalue weighted by atomic mass is 19.1. The van der Waals surface area contributed by atoms with E-state index in [2.05, 4.69) is 10.4 Å². The van der Waals surface area contributed by atoms with Crippen molar-refractivity contribution in [3.8, 4) is 0 Å². The molecule has 1 N–H and O–H groups in total. The van der Waals surface area contributed by atoms with Gasteiger partial charge in [0.1, 0.15) is 11.5 Å². The molecule has 0 aliphatic heterocycles. The topological polar surface area (TPSA) is 46.9 Å². The van der Waals surface area contributed by atoms with Crippen LogP contribution in [0.25, 0.3) is 0 Å². The van der Waals surface area contributed by atoms with E-state index in [9.17, 15) is 9.18 Å². The maximum absolute atomic E-state index is 12.8. The van der Waals surface area contributed by atoms with Gasteiger partial charge < -0.3 is 5.32 Å². The van der Waals surface area contributed by atoms with Gasteiger partial charge in [-0.25, -0.2) is 4.39 Å². The molecular formula is C13H14FN3O. The maximum atomic E-state index is 12.8. The number of nitrogens with one attached hydrogen (secondary N) is 1. The van der Waals surface area contributed by atoms with Crippen molar-refractivity contribution >= 4 is 5.91 Å². The smallest absolute Gasteiger partial charge is 0.270 e. The van der Waals surface area contributed by atoms with Crippen molar-refractivity contribution in [3.63, 3.8) is 0 Å². The van der Waals surface area contributed by atoms with E-state index in [1.807, 2.05) is 6.92 Å². The van der Waals surface area contributed by atoms with Crippen molar-refractivity contribution in [2.75, 3.05) is 0 Å². The Balaban J connectivity index is 2.08. The lowest BCUT2D eigenvalue weighted by Gasteiger charge is -2.14. The largest absolute Gasteiger partial charge is 0.344 e. The number of rotatable bonds is 3. The van der Waals surface area contributed by atoms with Crippen LogP contribution >= 0.6 is 0 Å². The summed E-state index contributed by atoms with van der Waals surface area (Å²) in [6.45, 7) is 1.85. The summed E-state index contributed by atoms with van der Waals surface area (Å²) in [6.07, 6.45) is 1.57. The van der Waals surface area contributed by atoms with Gasteiger partial charge in [0.15, 0.2) is 0 Å². The first-order valence-corrected chi connectivity index (χ1v) is 5.62. The van der Waals surface area contributed by atoms with Crippen LogP contribution in [0.1, 0.15) is 29.0 Å². The fraction of sp³-hybridized carbons (Fsp3) is 0.231. The summed E-state index contributed by atoms with van der Waals surface area (Å²) < 4.78 is 14.3. The van der Waals surface area contributed by atoms with Gasteiger partial charge in [-0.1, -0.05) is 12.1 Å². The normalized spacial score (nSPS) is 12.2. The van der Waals surface area contributed by atoms with Crippen LogP contribution in [-0.2, 0) is 7.05 Å². The predicted molar refractivity (Wildman–Crippen MR) is 65.5 cm³/mol. The first kappa shape index (κ1) is 12.3. The highest BCUT2D eigenvalue weighted by molar-refractivity contribution is 5.92. The Hall–Kier alpha value is -2.17. The fourth-order valence-corrected chi connectivity index (χ4v) is 1.70. The lowest BCUT2D eigenvalue weighted by Crippen LogP contribution is -2.28. The summed E-state index contributed by atoms with van der Waals surface area (Å²) in [7, 11) is 1.71. The molecule has 0 bridgehead atoms. The summed E-state index contributed by atoms with van der Waals surface area (Å²) in [4.78, 5) is 11.9. The summed E-state index contributed by atoms with van der Waals surface area (Å²) >= 11 is 0. The third kappa shape index (κ3) is 2.56. The molecule has 0 radical (unpaired) electrons. The van der Waals surface area contributed by atoms with E-state index in [-0.39, 0.29) is 17.8 Å². The Morgan fingerprint density at radius 3 is 2.56 bits per heavy atom. The lowest BCUT2D eigenvalue weighted by atomic mass is 10.1. The van der Waals surface area contributed by atoms with Crippen LogP contribution in [0.15, 0.2) is 36.5 Å². The van der Waals surface area contributed by atoms with Crippen LogP contribution < -0.4 is 5.32 Å². The van der Waals surface area contributed by atoms with E-state index in [0.717, 1.165) is 5.56 Å². The maximum Gasteiger partial charge on any atom is 0.270 e. The minimum atomic E-state index is -0.288. The average Bonchev–Trinajstić information content (AvgIpc) is 2.76. The molecule has 5 heteroatoms. The van der Waals surface area contributed by atoms with Gasteiger partial charge in [0.25, 0.3) is 5.91 Å². The third-order valence-corrected chi connectivity index (χ3v) is 2.77. The molecule has 0 aliphatic carbocycles. The quantitative estimate of drug-likeness (QED) is 0.902. The number of nitrogens with zero attached hydrogens (tertiary/aromatic N) is 2. The monoisotopic (exact) mass is 247 g/mol. The molecule has 1 heterocycles. The van der Waals surface area contributed by atoms with Gasteiger partial charge in [-0.15, -0.1) is 0 Å². The molecule has 1 atom stereocenters. The van der Waals surface area contributed by atoms with E-state index < -0.39 is 0 Å².